The Morgan fingerprint density at radius 2 is 1.40 bits per heavy atom. The van der Waals surface area contributed by atoms with E-state index in [-0.39, 0.29) is 12.2 Å². The topological polar surface area (TPSA) is 70.2 Å². The first kappa shape index (κ1) is 18.8. The summed E-state index contributed by atoms with van der Waals surface area (Å²) in [5.41, 5.74) is -0.0607. The van der Waals surface area contributed by atoms with Gasteiger partial charge in [-0.2, -0.15) is 13.2 Å². The Morgan fingerprint density at radius 3 is 1.96 bits per heavy atom. The van der Waals surface area contributed by atoms with Crippen LogP contribution < -0.4 is 16.0 Å². The molecule has 0 saturated carbocycles. The summed E-state index contributed by atoms with van der Waals surface area (Å²) in [6.07, 6.45) is -4.44. The number of nitrogens with one attached hydrogen (secondary N) is 3. The minimum absolute atomic E-state index is 0.202. The summed E-state index contributed by atoms with van der Waals surface area (Å²) in [4.78, 5) is 23.4. The van der Waals surface area contributed by atoms with E-state index in [4.69, 9.17) is 0 Å². The number of alkyl halides is 3. The molecule has 0 aliphatic rings. The maximum atomic E-state index is 12.4. The Labute approximate surface area is 149 Å². The van der Waals surface area contributed by atoms with Gasteiger partial charge in [-0.3, -0.25) is 4.79 Å². The average molecular weight is 416 g/mol. The number of hydrogen-bond donors (Lipinski definition) is 3. The molecule has 0 radical (unpaired) electrons. The second-order valence-electron chi connectivity index (χ2n) is 4.94. The molecule has 9 heteroatoms. The zero-order valence-corrected chi connectivity index (χ0v) is 14.2. The Balaban J connectivity index is 1.80. The van der Waals surface area contributed by atoms with E-state index in [9.17, 15) is 22.8 Å². The number of urea groups is 1. The number of carbonyl (C=O) groups excluding carboxylic acids is 2. The van der Waals surface area contributed by atoms with Crippen molar-refractivity contribution in [1.29, 1.82) is 0 Å². The van der Waals surface area contributed by atoms with Crippen LogP contribution in [0, 0.1) is 0 Å². The van der Waals surface area contributed by atoms with Gasteiger partial charge in [-0.1, -0.05) is 15.9 Å². The van der Waals surface area contributed by atoms with Gasteiger partial charge in [-0.15, -0.1) is 0 Å². The van der Waals surface area contributed by atoms with Gasteiger partial charge >= 0.3 is 12.2 Å². The van der Waals surface area contributed by atoms with Crippen molar-refractivity contribution in [3.63, 3.8) is 0 Å². The second-order valence-corrected chi connectivity index (χ2v) is 5.85. The maximum Gasteiger partial charge on any atom is 0.416 e. The van der Waals surface area contributed by atoms with Gasteiger partial charge in [0.05, 0.1) is 12.1 Å². The lowest BCUT2D eigenvalue weighted by Gasteiger charge is -2.10. The molecule has 132 valence electrons. The molecular formula is C16H13BrF3N3O2. The third kappa shape index (κ3) is 6.11. The molecule has 0 aromatic heterocycles. The lowest BCUT2D eigenvalue weighted by molar-refractivity contribution is -0.137. The third-order valence-electron chi connectivity index (χ3n) is 3.01. The van der Waals surface area contributed by atoms with Crippen LogP contribution in [0.2, 0.25) is 0 Å². The van der Waals surface area contributed by atoms with Crippen molar-refractivity contribution < 1.29 is 22.8 Å². The van der Waals surface area contributed by atoms with Crippen LogP contribution in [-0.2, 0) is 11.0 Å². The average Bonchev–Trinajstić information content (AvgIpc) is 2.55. The number of halogens is 4. The molecule has 2 aromatic rings. The molecule has 3 N–H and O–H groups in total. The van der Waals surface area contributed by atoms with E-state index < -0.39 is 23.7 Å². The molecule has 0 fully saturated rings. The molecule has 0 saturated heterocycles. The molecule has 0 bridgehead atoms. The predicted molar refractivity (Wildman–Crippen MR) is 91.2 cm³/mol. The van der Waals surface area contributed by atoms with Crippen LogP contribution in [-0.4, -0.2) is 18.5 Å². The summed E-state index contributed by atoms with van der Waals surface area (Å²) in [6.45, 7) is -0.330. The molecule has 0 aliphatic heterocycles. The lowest BCUT2D eigenvalue weighted by Crippen LogP contribution is -2.35. The SMILES string of the molecule is O=C(CNC(=O)Nc1ccc(Br)cc1)Nc1ccc(C(F)(F)F)cc1. The van der Waals surface area contributed by atoms with Gasteiger partial charge in [0, 0.05) is 15.8 Å². The van der Waals surface area contributed by atoms with Crippen molar-refractivity contribution in [1.82, 2.24) is 5.32 Å². The smallest absolute Gasteiger partial charge is 0.329 e. The molecule has 0 aliphatic carbocycles. The van der Waals surface area contributed by atoms with Crippen molar-refractivity contribution in [3.05, 3.63) is 58.6 Å². The van der Waals surface area contributed by atoms with E-state index in [1.54, 1.807) is 24.3 Å². The second kappa shape index (κ2) is 8.02. The molecule has 2 rings (SSSR count). The summed E-state index contributed by atoms with van der Waals surface area (Å²) in [7, 11) is 0. The number of hydrogen-bond acceptors (Lipinski definition) is 2. The molecule has 0 spiro atoms. The van der Waals surface area contributed by atoms with E-state index >= 15 is 0 Å². The van der Waals surface area contributed by atoms with Crippen LogP contribution in [0.15, 0.2) is 53.0 Å². The highest BCUT2D eigenvalue weighted by molar-refractivity contribution is 9.10. The molecule has 0 unspecified atom stereocenters. The maximum absolute atomic E-state index is 12.4. The molecule has 2 aromatic carbocycles. The molecule has 5 nitrogen and oxygen atoms in total. The normalized spacial score (nSPS) is 10.9. The number of amides is 3. The molecule has 3 amide bonds. The largest absolute Gasteiger partial charge is 0.416 e. The molecule has 0 heterocycles. The summed E-state index contributed by atoms with van der Waals surface area (Å²) in [5, 5.41) is 7.28. The first-order chi connectivity index (χ1) is 11.7. The van der Waals surface area contributed by atoms with E-state index in [2.05, 4.69) is 31.9 Å². The summed E-state index contributed by atoms with van der Waals surface area (Å²) in [5.74, 6) is -0.564. The van der Waals surface area contributed by atoms with Crippen molar-refractivity contribution >= 4 is 39.2 Å². The number of rotatable bonds is 4. The van der Waals surface area contributed by atoms with Gasteiger partial charge in [0.25, 0.3) is 0 Å². The zero-order chi connectivity index (χ0) is 18.4. The standard InChI is InChI=1S/C16H13BrF3N3O2/c17-11-3-7-13(8-4-11)23-15(25)21-9-14(24)22-12-5-1-10(2-6-12)16(18,19)20/h1-8H,9H2,(H,22,24)(H2,21,23,25). The minimum atomic E-state index is -4.44. The molecule has 25 heavy (non-hydrogen) atoms. The van der Waals surface area contributed by atoms with E-state index in [0.29, 0.717) is 5.69 Å². The Bertz CT molecular complexity index is 747. The van der Waals surface area contributed by atoms with Crippen molar-refractivity contribution in [2.75, 3.05) is 17.2 Å². The minimum Gasteiger partial charge on any atom is -0.329 e. The summed E-state index contributed by atoms with van der Waals surface area (Å²) < 4.78 is 38.2. The van der Waals surface area contributed by atoms with E-state index in [1.165, 1.54) is 0 Å². The van der Waals surface area contributed by atoms with E-state index in [0.717, 1.165) is 28.7 Å². The fourth-order valence-electron chi connectivity index (χ4n) is 1.82. The fraction of sp³-hybridized carbons (Fsp3) is 0.125. The van der Waals surface area contributed by atoms with Crippen molar-refractivity contribution in [3.8, 4) is 0 Å². The van der Waals surface area contributed by atoms with Crippen LogP contribution >= 0.6 is 15.9 Å². The Morgan fingerprint density at radius 1 is 0.880 bits per heavy atom. The van der Waals surface area contributed by atoms with Crippen LogP contribution in [0.3, 0.4) is 0 Å². The number of benzene rings is 2. The van der Waals surface area contributed by atoms with Crippen molar-refractivity contribution in [2.24, 2.45) is 0 Å². The highest BCUT2D eigenvalue weighted by Gasteiger charge is 2.29. The van der Waals surface area contributed by atoms with Gasteiger partial charge < -0.3 is 16.0 Å². The summed E-state index contributed by atoms with van der Waals surface area (Å²) >= 11 is 3.26. The van der Waals surface area contributed by atoms with Gasteiger partial charge in [-0.25, -0.2) is 4.79 Å². The Kier molecular flexibility index (Phi) is 6.02. The van der Waals surface area contributed by atoms with E-state index in [1.807, 2.05) is 0 Å². The van der Waals surface area contributed by atoms with Crippen LogP contribution in [0.5, 0.6) is 0 Å². The van der Waals surface area contributed by atoms with Gasteiger partial charge in [0.1, 0.15) is 0 Å². The van der Waals surface area contributed by atoms with Gasteiger partial charge in [-0.05, 0) is 48.5 Å². The quantitative estimate of drug-likeness (QED) is 0.699. The van der Waals surface area contributed by atoms with Crippen LogP contribution in [0.25, 0.3) is 0 Å². The first-order valence-corrected chi connectivity index (χ1v) is 7.81. The number of carbonyl (C=O) groups is 2. The highest BCUT2D eigenvalue weighted by Crippen LogP contribution is 2.29. The molecular weight excluding hydrogens is 403 g/mol. The fourth-order valence-corrected chi connectivity index (χ4v) is 2.08. The van der Waals surface area contributed by atoms with Gasteiger partial charge in [0.15, 0.2) is 0 Å². The monoisotopic (exact) mass is 415 g/mol. The zero-order valence-electron chi connectivity index (χ0n) is 12.7. The molecule has 0 atom stereocenters. The predicted octanol–water partition coefficient (Wildman–Crippen LogP) is 4.23. The van der Waals surface area contributed by atoms with Gasteiger partial charge in [0.2, 0.25) is 5.91 Å². The highest BCUT2D eigenvalue weighted by atomic mass is 79.9. The van der Waals surface area contributed by atoms with Crippen LogP contribution in [0.1, 0.15) is 5.56 Å². The van der Waals surface area contributed by atoms with Crippen LogP contribution in [0.4, 0.5) is 29.3 Å². The third-order valence-corrected chi connectivity index (χ3v) is 3.54. The summed E-state index contributed by atoms with van der Waals surface area (Å²) in [6, 6.07) is 10.3. The Hall–Kier alpha value is -2.55. The lowest BCUT2D eigenvalue weighted by atomic mass is 10.2. The number of anilines is 2. The van der Waals surface area contributed by atoms with Crippen molar-refractivity contribution in [2.45, 2.75) is 6.18 Å². The first-order valence-electron chi connectivity index (χ1n) is 7.01.